The van der Waals surface area contributed by atoms with E-state index in [-0.39, 0.29) is 23.4 Å². The second-order valence-corrected chi connectivity index (χ2v) is 5.22. The highest BCUT2D eigenvalue weighted by Gasteiger charge is 2.21. The first-order valence-electron chi connectivity index (χ1n) is 7.35. The average Bonchev–Trinajstić information content (AvgIpc) is 2.49. The number of carbonyl (C=O) groups excluding carboxylic acids is 1. The summed E-state index contributed by atoms with van der Waals surface area (Å²) in [4.78, 5) is 22.1. The van der Waals surface area contributed by atoms with Gasteiger partial charge >= 0.3 is 5.69 Å². The molecule has 21 heavy (non-hydrogen) atoms. The molecule has 1 aliphatic carbocycles. The summed E-state index contributed by atoms with van der Waals surface area (Å²) in [6.07, 6.45) is 5.65. The van der Waals surface area contributed by atoms with E-state index < -0.39 is 4.92 Å². The maximum atomic E-state index is 11.4. The molecule has 114 valence electrons. The van der Waals surface area contributed by atoms with Crippen molar-refractivity contribution in [2.45, 2.75) is 51.6 Å². The molecule has 1 fully saturated rings. The first-order valence-corrected chi connectivity index (χ1v) is 7.35. The van der Waals surface area contributed by atoms with Crippen LogP contribution in [0.4, 0.5) is 11.4 Å². The van der Waals surface area contributed by atoms with Crippen LogP contribution in [0.5, 0.6) is 5.75 Å². The largest absolute Gasteiger partial charge is 0.484 e. The van der Waals surface area contributed by atoms with Gasteiger partial charge in [-0.2, -0.15) is 0 Å². The van der Waals surface area contributed by atoms with E-state index in [9.17, 15) is 14.9 Å². The number of hydrogen-bond acceptors (Lipinski definition) is 4. The molecular formula is C15H20N2O4. The van der Waals surface area contributed by atoms with Gasteiger partial charge in [0, 0.05) is 18.2 Å². The van der Waals surface area contributed by atoms with Crippen LogP contribution in [0.15, 0.2) is 18.2 Å². The third-order valence-electron chi connectivity index (χ3n) is 3.61. The Balaban J connectivity index is 2.16. The summed E-state index contributed by atoms with van der Waals surface area (Å²) in [5, 5.41) is 13.8. The molecule has 6 nitrogen and oxygen atoms in total. The third kappa shape index (κ3) is 4.18. The Morgan fingerprint density at radius 3 is 2.71 bits per heavy atom. The molecule has 0 bridgehead atoms. The van der Waals surface area contributed by atoms with Crippen LogP contribution in [0.2, 0.25) is 0 Å². The number of rotatable bonds is 5. The standard InChI is InChI=1S/C15H20N2O4/c1-2-15(18)16-11-8-9-14(13(10-11)17(19)20)21-12-6-4-3-5-7-12/h8-10,12H,2-7H2,1H3,(H,16,18). The Bertz CT molecular complexity index is 524. The number of nitro groups is 1. The van der Waals surface area contributed by atoms with Gasteiger partial charge in [-0.15, -0.1) is 0 Å². The highest BCUT2D eigenvalue weighted by atomic mass is 16.6. The summed E-state index contributed by atoms with van der Waals surface area (Å²) in [5.41, 5.74) is 0.319. The van der Waals surface area contributed by atoms with Gasteiger partial charge in [-0.05, 0) is 37.8 Å². The topological polar surface area (TPSA) is 81.5 Å². The van der Waals surface area contributed by atoms with Crippen LogP contribution in [0.1, 0.15) is 45.4 Å². The quantitative estimate of drug-likeness (QED) is 0.663. The van der Waals surface area contributed by atoms with Crippen molar-refractivity contribution in [2.24, 2.45) is 0 Å². The molecule has 1 amide bonds. The Kier molecular flexibility index (Phi) is 5.14. The Morgan fingerprint density at radius 2 is 2.10 bits per heavy atom. The van der Waals surface area contributed by atoms with E-state index in [1.165, 1.54) is 12.5 Å². The van der Waals surface area contributed by atoms with Gasteiger partial charge < -0.3 is 10.1 Å². The fourth-order valence-electron chi connectivity index (χ4n) is 2.45. The van der Waals surface area contributed by atoms with Gasteiger partial charge in [0.05, 0.1) is 11.0 Å². The maximum absolute atomic E-state index is 11.4. The Morgan fingerprint density at radius 1 is 1.38 bits per heavy atom. The molecule has 0 saturated heterocycles. The van der Waals surface area contributed by atoms with Crippen LogP contribution >= 0.6 is 0 Å². The minimum absolute atomic E-state index is 0.0496. The van der Waals surface area contributed by atoms with Crippen molar-refractivity contribution < 1.29 is 14.5 Å². The monoisotopic (exact) mass is 292 g/mol. The van der Waals surface area contributed by atoms with E-state index in [1.54, 1.807) is 19.1 Å². The lowest BCUT2D eigenvalue weighted by Gasteiger charge is -2.22. The number of carbonyl (C=O) groups is 1. The molecule has 1 saturated carbocycles. The van der Waals surface area contributed by atoms with Crippen molar-refractivity contribution in [1.82, 2.24) is 0 Å². The number of anilines is 1. The molecular weight excluding hydrogens is 272 g/mol. The van der Waals surface area contributed by atoms with Gasteiger partial charge in [0.1, 0.15) is 0 Å². The second kappa shape index (κ2) is 7.06. The average molecular weight is 292 g/mol. The van der Waals surface area contributed by atoms with E-state index in [4.69, 9.17) is 4.74 Å². The summed E-state index contributed by atoms with van der Waals surface area (Å²) in [6.45, 7) is 1.73. The number of nitro benzene ring substituents is 1. The van der Waals surface area contributed by atoms with Crippen molar-refractivity contribution in [3.05, 3.63) is 28.3 Å². The highest BCUT2D eigenvalue weighted by Crippen LogP contribution is 2.33. The van der Waals surface area contributed by atoms with E-state index in [2.05, 4.69) is 5.32 Å². The molecule has 0 aliphatic heterocycles. The van der Waals surface area contributed by atoms with E-state index >= 15 is 0 Å². The number of nitrogens with zero attached hydrogens (tertiary/aromatic N) is 1. The number of amides is 1. The zero-order chi connectivity index (χ0) is 15.2. The molecule has 0 radical (unpaired) electrons. The summed E-state index contributed by atoms with van der Waals surface area (Å²) in [7, 11) is 0. The molecule has 0 aromatic heterocycles. The van der Waals surface area contributed by atoms with Crippen LogP contribution in [-0.2, 0) is 4.79 Å². The normalized spacial score (nSPS) is 15.5. The van der Waals surface area contributed by atoms with Gasteiger partial charge in [-0.1, -0.05) is 13.3 Å². The maximum Gasteiger partial charge on any atom is 0.313 e. The molecule has 2 rings (SSSR count). The second-order valence-electron chi connectivity index (χ2n) is 5.22. The van der Waals surface area contributed by atoms with Gasteiger partial charge in [-0.25, -0.2) is 0 Å². The molecule has 0 spiro atoms. The van der Waals surface area contributed by atoms with E-state index in [1.807, 2.05) is 0 Å². The lowest BCUT2D eigenvalue weighted by Crippen LogP contribution is -2.20. The zero-order valence-corrected chi connectivity index (χ0v) is 12.1. The molecule has 1 aromatic carbocycles. The van der Waals surface area contributed by atoms with E-state index in [0.717, 1.165) is 25.7 Å². The molecule has 1 aliphatic rings. The molecule has 0 unspecified atom stereocenters. The summed E-state index contributed by atoms with van der Waals surface area (Å²) in [5.74, 6) is 0.103. The Hall–Kier alpha value is -2.11. The zero-order valence-electron chi connectivity index (χ0n) is 12.1. The fraction of sp³-hybridized carbons (Fsp3) is 0.533. The predicted molar refractivity (Wildman–Crippen MR) is 79.5 cm³/mol. The van der Waals surface area contributed by atoms with Crippen molar-refractivity contribution >= 4 is 17.3 Å². The summed E-state index contributed by atoms with van der Waals surface area (Å²) < 4.78 is 5.78. The molecule has 0 atom stereocenters. The first-order chi connectivity index (χ1) is 10.1. The minimum atomic E-state index is -0.472. The van der Waals surface area contributed by atoms with Gasteiger partial charge in [0.15, 0.2) is 5.75 Å². The minimum Gasteiger partial charge on any atom is -0.484 e. The summed E-state index contributed by atoms with van der Waals surface area (Å²) >= 11 is 0. The van der Waals surface area contributed by atoms with Crippen molar-refractivity contribution in [2.75, 3.05) is 5.32 Å². The van der Waals surface area contributed by atoms with Gasteiger partial charge in [0.2, 0.25) is 5.91 Å². The van der Waals surface area contributed by atoms with Crippen molar-refractivity contribution in [3.63, 3.8) is 0 Å². The number of ether oxygens (including phenoxy) is 1. The van der Waals surface area contributed by atoms with Crippen LogP contribution in [0, 0.1) is 10.1 Å². The van der Waals surface area contributed by atoms with Gasteiger partial charge in [-0.3, -0.25) is 14.9 Å². The van der Waals surface area contributed by atoms with Gasteiger partial charge in [0.25, 0.3) is 0 Å². The van der Waals surface area contributed by atoms with Crippen LogP contribution in [0.25, 0.3) is 0 Å². The van der Waals surface area contributed by atoms with Crippen LogP contribution < -0.4 is 10.1 Å². The molecule has 1 aromatic rings. The lowest BCUT2D eigenvalue weighted by atomic mass is 9.98. The predicted octanol–water partition coefficient (Wildman–Crippen LogP) is 3.65. The summed E-state index contributed by atoms with van der Waals surface area (Å²) in [6, 6.07) is 4.56. The smallest absolute Gasteiger partial charge is 0.313 e. The SMILES string of the molecule is CCC(=O)Nc1ccc(OC2CCCCC2)c([N+](=O)[O-])c1. The number of nitrogens with one attached hydrogen (secondary N) is 1. The van der Waals surface area contributed by atoms with Crippen LogP contribution in [-0.4, -0.2) is 16.9 Å². The van der Waals surface area contributed by atoms with E-state index in [0.29, 0.717) is 12.1 Å². The Labute approximate surface area is 123 Å². The molecule has 1 N–H and O–H groups in total. The molecule has 6 heteroatoms. The molecule has 0 heterocycles. The number of benzene rings is 1. The third-order valence-corrected chi connectivity index (χ3v) is 3.61. The fourth-order valence-corrected chi connectivity index (χ4v) is 2.45. The van der Waals surface area contributed by atoms with Crippen LogP contribution in [0.3, 0.4) is 0 Å². The first kappa shape index (κ1) is 15.3. The van der Waals surface area contributed by atoms with Crippen molar-refractivity contribution in [1.29, 1.82) is 0 Å². The number of hydrogen-bond donors (Lipinski definition) is 1. The van der Waals surface area contributed by atoms with Crippen molar-refractivity contribution in [3.8, 4) is 5.75 Å². The lowest BCUT2D eigenvalue weighted by molar-refractivity contribution is -0.386. The highest BCUT2D eigenvalue weighted by molar-refractivity contribution is 5.91.